The molecule has 0 atom stereocenters. The van der Waals surface area contributed by atoms with Gasteiger partial charge in [-0.2, -0.15) is 0 Å². The van der Waals surface area contributed by atoms with Gasteiger partial charge in [0.05, 0.1) is 11.5 Å². The molecule has 0 aliphatic heterocycles. The maximum absolute atomic E-state index is 12.7. The molecule has 0 radical (unpaired) electrons. The minimum Gasteiger partial charge on any atom is -0.378 e. The van der Waals surface area contributed by atoms with E-state index >= 15 is 0 Å². The number of hydrogen-bond donors (Lipinski definition) is 0. The first kappa shape index (κ1) is 40.7. The Labute approximate surface area is 320 Å². The van der Waals surface area contributed by atoms with Crippen LogP contribution < -0.4 is 9.13 Å². The fourth-order valence-electron chi connectivity index (χ4n) is 5.88. The third-order valence-electron chi connectivity index (χ3n) is 9.56. The summed E-state index contributed by atoms with van der Waals surface area (Å²) in [6, 6.07) is 8.47. The molecule has 2 aliphatic carbocycles. The van der Waals surface area contributed by atoms with Gasteiger partial charge in [-0.15, -0.1) is 0 Å². The zero-order valence-electron chi connectivity index (χ0n) is 32.0. The highest BCUT2D eigenvalue weighted by molar-refractivity contribution is 8.77. The van der Waals surface area contributed by atoms with Crippen molar-refractivity contribution < 1.29 is 18.7 Å². The number of hydrogen-bond acceptors (Lipinski definition) is 6. The minimum atomic E-state index is 0.105. The van der Waals surface area contributed by atoms with E-state index in [-0.39, 0.29) is 11.8 Å². The second kappa shape index (κ2) is 21.5. The van der Waals surface area contributed by atoms with Crippen molar-refractivity contribution >= 4 is 45.6 Å². The molecule has 2 aliphatic rings. The molecule has 52 heavy (non-hydrogen) atoms. The lowest BCUT2D eigenvalue weighted by Gasteiger charge is -2.26. The SMILES string of the molecule is CN(CCCN(C)C1=CC=C(/C=C/c2cc[n+](C)cc2)CC1)C(=O)CSSCC(=O)N(C)CCCN(C)C1=CC=C(/C=C/c2cc[n+](C)cc2)CC1. The van der Waals surface area contributed by atoms with Gasteiger partial charge in [0.25, 0.3) is 0 Å². The average molecular weight is 743 g/mol. The van der Waals surface area contributed by atoms with E-state index < -0.39 is 0 Å². The number of pyridine rings is 2. The minimum absolute atomic E-state index is 0.105. The van der Waals surface area contributed by atoms with Crippen LogP contribution in [0.1, 0.15) is 49.7 Å². The molecular weight excluding hydrogens is 685 g/mol. The highest BCUT2D eigenvalue weighted by Crippen LogP contribution is 2.24. The number of rotatable bonds is 19. The van der Waals surface area contributed by atoms with Crippen molar-refractivity contribution in [3.05, 3.63) is 119 Å². The van der Waals surface area contributed by atoms with Crippen LogP contribution in [0.2, 0.25) is 0 Å². The molecule has 2 aromatic heterocycles. The zero-order valence-corrected chi connectivity index (χ0v) is 33.7. The molecule has 10 heteroatoms. The van der Waals surface area contributed by atoms with Gasteiger partial charge in [-0.25, -0.2) is 9.13 Å². The van der Waals surface area contributed by atoms with Gasteiger partial charge in [0, 0.05) is 90.0 Å². The van der Waals surface area contributed by atoms with Gasteiger partial charge < -0.3 is 19.6 Å². The van der Waals surface area contributed by atoms with Gasteiger partial charge in [-0.3, -0.25) is 9.59 Å². The number of carbonyl (C=O) groups is 2. The van der Waals surface area contributed by atoms with Crippen molar-refractivity contribution in [3.63, 3.8) is 0 Å². The van der Waals surface area contributed by atoms with Crippen LogP contribution in [0, 0.1) is 0 Å². The Balaban J connectivity index is 1.04. The van der Waals surface area contributed by atoms with E-state index in [1.165, 1.54) is 55.3 Å². The van der Waals surface area contributed by atoms with E-state index in [0.717, 1.165) is 64.7 Å². The van der Waals surface area contributed by atoms with Crippen molar-refractivity contribution in [1.82, 2.24) is 19.6 Å². The summed E-state index contributed by atoms with van der Waals surface area (Å²) in [6.07, 6.45) is 31.8. The van der Waals surface area contributed by atoms with Crippen molar-refractivity contribution in [2.24, 2.45) is 14.1 Å². The molecule has 0 bridgehead atoms. The van der Waals surface area contributed by atoms with Gasteiger partial charge in [-0.05, 0) is 73.0 Å². The summed E-state index contributed by atoms with van der Waals surface area (Å²) < 4.78 is 4.07. The fraction of sp³-hybridized carbons (Fsp3) is 0.429. The van der Waals surface area contributed by atoms with Gasteiger partial charge >= 0.3 is 0 Å². The normalized spacial score (nSPS) is 14.5. The first-order valence-corrected chi connectivity index (χ1v) is 20.8. The summed E-state index contributed by atoms with van der Waals surface area (Å²) in [5, 5.41) is 0. The van der Waals surface area contributed by atoms with Crippen molar-refractivity contribution in [2.45, 2.75) is 38.5 Å². The molecule has 278 valence electrons. The summed E-state index contributed by atoms with van der Waals surface area (Å²) in [7, 11) is 15.0. The van der Waals surface area contributed by atoms with Gasteiger partial charge in [0.1, 0.15) is 14.1 Å². The maximum atomic E-state index is 12.7. The van der Waals surface area contributed by atoms with Crippen LogP contribution in [0.4, 0.5) is 0 Å². The second-order valence-electron chi connectivity index (χ2n) is 13.8. The van der Waals surface area contributed by atoms with Gasteiger partial charge in [-0.1, -0.05) is 58.0 Å². The Morgan fingerprint density at radius 1 is 0.577 bits per heavy atom. The third kappa shape index (κ3) is 14.2. The van der Waals surface area contributed by atoms with E-state index in [4.69, 9.17) is 0 Å². The zero-order chi connectivity index (χ0) is 37.3. The van der Waals surface area contributed by atoms with Crippen LogP contribution in [0.25, 0.3) is 12.2 Å². The van der Waals surface area contributed by atoms with Crippen LogP contribution in [-0.4, -0.2) is 97.3 Å². The van der Waals surface area contributed by atoms with E-state index in [1.54, 1.807) is 0 Å². The largest absolute Gasteiger partial charge is 0.378 e. The Morgan fingerprint density at radius 3 is 1.31 bits per heavy atom. The monoisotopic (exact) mass is 742 g/mol. The predicted molar refractivity (Wildman–Crippen MR) is 219 cm³/mol. The Morgan fingerprint density at radius 2 is 0.962 bits per heavy atom. The molecule has 4 rings (SSSR count). The van der Waals surface area contributed by atoms with Crippen molar-refractivity contribution in [1.29, 1.82) is 0 Å². The molecular formula is C42H58N6O2S2+2. The molecule has 0 fully saturated rings. The molecule has 2 aromatic rings. The Hall–Kier alpha value is -4.02. The molecule has 8 nitrogen and oxygen atoms in total. The fourth-order valence-corrected chi connectivity index (χ4v) is 7.80. The van der Waals surface area contributed by atoms with Crippen molar-refractivity contribution in [3.8, 4) is 0 Å². The van der Waals surface area contributed by atoms with Crippen LogP contribution >= 0.6 is 21.6 Å². The average Bonchev–Trinajstić information content (AvgIpc) is 3.16. The van der Waals surface area contributed by atoms with E-state index in [2.05, 4.69) is 122 Å². The summed E-state index contributed by atoms with van der Waals surface area (Å²) in [5.74, 6) is 0.956. The smallest absolute Gasteiger partial charge is 0.233 e. The first-order valence-electron chi connectivity index (χ1n) is 18.3. The van der Waals surface area contributed by atoms with Crippen LogP contribution in [0.15, 0.2) is 108 Å². The Bertz CT molecular complexity index is 1540. The van der Waals surface area contributed by atoms with E-state index in [0.29, 0.717) is 11.5 Å². The van der Waals surface area contributed by atoms with E-state index in [1.807, 2.05) is 47.1 Å². The third-order valence-corrected chi connectivity index (χ3v) is 11.7. The molecule has 0 saturated heterocycles. The summed E-state index contributed by atoms with van der Waals surface area (Å²) >= 11 is 0. The number of aryl methyl sites for hydroxylation is 2. The lowest BCUT2D eigenvalue weighted by Crippen LogP contribution is -2.32. The summed E-state index contributed by atoms with van der Waals surface area (Å²) in [4.78, 5) is 33.7. The van der Waals surface area contributed by atoms with Gasteiger partial charge in [0.15, 0.2) is 24.8 Å². The predicted octanol–water partition coefficient (Wildman–Crippen LogP) is 6.21. The molecule has 0 aromatic carbocycles. The highest BCUT2D eigenvalue weighted by Gasteiger charge is 2.15. The number of aromatic nitrogens is 2. The number of nitrogens with zero attached hydrogens (tertiary/aromatic N) is 6. The van der Waals surface area contributed by atoms with E-state index in [9.17, 15) is 9.59 Å². The Kier molecular flexibility index (Phi) is 16.8. The van der Waals surface area contributed by atoms with Crippen molar-refractivity contribution in [2.75, 3.05) is 65.9 Å². The standard InChI is InChI=1S/C42H58N6O2S2/c1-43-29-21-37(22-30-43)11-9-35-13-17-39(18-14-35)45(3)25-7-27-47(5)41(49)33-51-52-34-42(50)48(6)28-8-26-46(4)40-19-15-36(16-20-40)10-12-38-23-31-44(2)32-24-38/h9-13,15,17,19,21-24,29-32H,7-8,14,16,18,20,25-28,33-34H2,1-6H3/q+2. The number of amides is 2. The lowest BCUT2D eigenvalue weighted by molar-refractivity contribution is -0.671. The molecule has 0 spiro atoms. The van der Waals surface area contributed by atoms with Crippen LogP contribution in [-0.2, 0) is 23.7 Å². The number of carbonyl (C=O) groups excluding carboxylic acids is 2. The van der Waals surface area contributed by atoms with Gasteiger partial charge in [0.2, 0.25) is 11.8 Å². The molecule has 0 unspecified atom stereocenters. The first-order chi connectivity index (χ1) is 25.1. The molecule has 0 saturated carbocycles. The maximum Gasteiger partial charge on any atom is 0.233 e. The topological polar surface area (TPSA) is 54.9 Å². The lowest BCUT2D eigenvalue weighted by atomic mass is 10.0. The number of allylic oxidation sites excluding steroid dienone is 10. The summed E-state index contributed by atoms with van der Waals surface area (Å²) in [5.41, 5.74) is 7.76. The molecule has 0 N–H and O–H groups in total. The molecule has 2 heterocycles. The van der Waals surface area contributed by atoms with Crippen LogP contribution in [0.5, 0.6) is 0 Å². The summed E-state index contributed by atoms with van der Waals surface area (Å²) in [6.45, 7) is 3.25. The second-order valence-corrected chi connectivity index (χ2v) is 16.2. The van der Waals surface area contributed by atoms with Crippen LogP contribution in [0.3, 0.4) is 0 Å². The quantitative estimate of drug-likeness (QED) is 0.0970. The highest BCUT2D eigenvalue weighted by atomic mass is 33.1. The molecule has 2 amide bonds.